The highest BCUT2D eigenvalue weighted by Gasteiger charge is 2.28. The molecule has 0 atom stereocenters. The molecule has 2 aromatic rings. The van der Waals surface area contributed by atoms with Crippen LogP contribution in [0.2, 0.25) is 0 Å². The van der Waals surface area contributed by atoms with Gasteiger partial charge in [0.1, 0.15) is 5.54 Å². The van der Waals surface area contributed by atoms with Gasteiger partial charge in [-0.3, -0.25) is 4.98 Å². The topological polar surface area (TPSA) is 84.3 Å². The third-order valence-electron chi connectivity index (χ3n) is 2.66. The summed E-state index contributed by atoms with van der Waals surface area (Å²) in [7, 11) is 0. The Balaban J connectivity index is 2.25. The highest BCUT2D eigenvalue weighted by molar-refractivity contribution is 5.85. The van der Waals surface area contributed by atoms with Gasteiger partial charge in [0.2, 0.25) is 0 Å². The van der Waals surface area contributed by atoms with Gasteiger partial charge < -0.3 is 14.5 Å². The molecule has 6 heteroatoms. The number of fused-ring (bicyclic) bond motifs is 1. The standard InChI is InChI=1S/C13H16N2O4/c1-4-18-11(16)13(2,3)15-8-5-6-10-9(7-8)14-12(17)19-10/h5-7,15H,4H2,1-3H3,(H,14,17). The third kappa shape index (κ3) is 2.78. The first kappa shape index (κ1) is 13.2. The van der Waals surface area contributed by atoms with Crippen molar-refractivity contribution in [2.75, 3.05) is 11.9 Å². The fourth-order valence-corrected chi connectivity index (χ4v) is 1.75. The molecule has 0 fully saturated rings. The number of H-pyrrole nitrogens is 1. The number of anilines is 1. The summed E-state index contributed by atoms with van der Waals surface area (Å²) in [5, 5.41) is 3.07. The van der Waals surface area contributed by atoms with Crippen molar-refractivity contribution in [1.29, 1.82) is 0 Å². The highest BCUT2D eigenvalue weighted by Crippen LogP contribution is 2.20. The second-order valence-corrected chi connectivity index (χ2v) is 4.70. The molecule has 0 aliphatic rings. The molecule has 2 N–H and O–H groups in total. The molecule has 6 nitrogen and oxygen atoms in total. The summed E-state index contributed by atoms with van der Waals surface area (Å²) in [4.78, 5) is 25.4. The molecule has 1 aromatic carbocycles. The summed E-state index contributed by atoms with van der Waals surface area (Å²) in [6, 6.07) is 5.11. The van der Waals surface area contributed by atoms with Crippen molar-refractivity contribution < 1.29 is 13.9 Å². The Bertz CT molecular complexity index is 654. The Morgan fingerprint density at radius 2 is 2.21 bits per heavy atom. The average Bonchev–Trinajstić information content (AvgIpc) is 2.68. The van der Waals surface area contributed by atoms with Crippen molar-refractivity contribution in [3.8, 4) is 0 Å². The van der Waals surface area contributed by atoms with Crippen molar-refractivity contribution in [3.05, 3.63) is 28.7 Å². The van der Waals surface area contributed by atoms with E-state index in [0.29, 0.717) is 23.4 Å². The van der Waals surface area contributed by atoms with Crippen LogP contribution >= 0.6 is 0 Å². The summed E-state index contributed by atoms with van der Waals surface area (Å²) in [5.74, 6) is -0.840. The summed E-state index contributed by atoms with van der Waals surface area (Å²) in [6.07, 6.45) is 0. The molecule has 0 bridgehead atoms. The molecule has 0 saturated carbocycles. The van der Waals surface area contributed by atoms with Crippen molar-refractivity contribution in [3.63, 3.8) is 0 Å². The average molecular weight is 264 g/mol. The van der Waals surface area contributed by atoms with Gasteiger partial charge in [-0.05, 0) is 39.0 Å². The predicted molar refractivity (Wildman–Crippen MR) is 71.2 cm³/mol. The van der Waals surface area contributed by atoms with Crippen molar-refractivity contribution in [2.24, 2.45) is 0 Å². The van der Waals surface area contributed by atoms with Gasteiger partial charge >= 0.3 is 11.7 Å². The Labute approximate surface area is 109 Å². The van der Waals surface area contributed by atoms with Crippen molar-refractivity contribution in [1.82, 2.24) is 4.98 Å². The van der Waals surface area contributed by atoms with E-state index in [1.54, 1.807) is 39.0 Å². The lowest BCUT2D eigenvalue weighted by molar-refractivity contribution is -0.147. The lowest BCUT2D eigenvalue weighted by Crippen LogP contribution is -2.41. The Kier molecular flexibility index (Phi) is 3.33. The minimum absolute atomic E-state index is 0.331. The first-order valence-electron chi connectivity index (χ1n) is 6.00. The molecular formula is C13H16N2O4. The Morgan fingerprint density at radius 1 is 1.47 bits per heavy atom. The molecule has 2 rings (SSSR count). The van der Waals surface area contributed by atoms with Gasteiger partial charge in [-0.1, -0.05) is 0 Å². The number of rotatable bonds is 4. The number of aromatic nitrogens is 1. The highest BCUT2D eigenvalue weighted by atomic mass is 16.5. The Morgan fingerprint density at radius 3 is 2.89 bits per heavy atom. The summed E-state index contributed by atoms with van der Waals surface area (Å²) < 4.78 is 9.90. The lowest BCUT2D eigenvalue weighted by atomic mass is 10.1. The zero-order valence-electron chi connectivity index (χ0n) is 11.1. The summed E-state index contributed by atoms with van der Waals surface area (Å²) >= 11 is 0. The molecule has 0 spiro atoms. The van der Waals surface area contributed by atoms with Crippen molar-refractivity contribution >= 4 is 22.8 Å². The number of oxazole rings is 1. The maximum absolute atomic E-state index is 11.8. The molecule has 19 heavy (non-hydrogen) atoms. The van der Waals surface area contributed by atoms with Crippen molar-refractivity contribution in [2.45, 2.75) is 26.3 Å². The maximum atomic E-state index is 11.8. The second kappa shape index (κ2) is 4.79. The maximum Gasteiger partial charge on any atom is 0.417 e. The molecule has 1 heterocycles. The van der Waals surface area contributed by atoms with Crippen LogP contribution in [0.3, 0.4) is 0 Å². The largest absolute Gasteiger partial charge is 0.464 e. The number of nitrogens with one attached hydrogen (secondary N) is 2. The van der Waals surface area contributed by atoms with E-state index in [1.807, 2.05) is 0 Å². The van der Waals surface area contributed by atoms with Crippen LogP contribution in [-0.2, 0) is 9.53 Å². The zero-order valence-corrected chi connectivity index (χ0v) is 11.1. The fraction of sp³-hybridized carbons (Fsp3) is 0.385. The number of carbonyl (C=O) groups excluding carboxylic acids is 1. The normalized spacial score (nSPS) is 11.5. The van der Waals surface area contributed by atoms with Crippen LogP contribution in [-0.4, -0.2) is 23.1 Å². The molecule has 0 aliphatic heterocycles. The molecule has 102 valence electrons. The van der Waals surface area contributed by atoms with E-state index in [4.69, 9.17) is 9.15 Å². The van der Waals surface area contributed by atoms with Crippen LogP contribution in [0.5, 0.6) is 0 Å². The monoisotopic (exact) mass is 264 g/mol. The van der Waals surface area contributed by atoms with Gasteiger partial charge in [0.25, 0.3) is 0 Å². The lowest BCUT2D eigenvalue weighted by Gasteiger charge is -2.24. The Hall–Kier alpha value is -2.24. The van der Waals surface area contributed by atoms with E-state index in [1.165, 1.54) is 0 Å². The smallest absolute Gasteiger partial charge is 0.417 e. The number of esters is 1. The molecule has 0 unspecified atom stereocenters. The SMILES string of the molecule is CCOC(=O)C(C)(C)Nc1ccc2oc(=O)[nH]c2c1. The minimum atomic E-state index is -0.853. The number of hydrogen-bond donors (Lipinski definition) is 2. The van der Waals surface area contributed by atoms with Gasteiger partial charge in [0.15, 0.2) is 5.58 Å². The molecular weight excluding hydrogens is 248 g/mol. The van der Waals surface area contributed by atoms with Crippen LogP contribution in [0.25, 0.3) is 11.1 Å². The van der Waals surface area contributed by atoms with E-state index in [0.717, 1.165) is 0 Å². The molecule has 0 amide bonds. The van der Waals surface area contributed by atoms with Gasteiger partial charge in [-0.2, -0.15) is 0 Å². The van der Waals surface area contributed by atoms with E-state index >= 15 is 0 Å². The number of hydrogen-bond acceptors (Lipinski definition) is 5. The minimum Gasteiger partial charge on any atom is -0.464 e. The fourth-order valence-electron chi connectivity index (χ4n) is 1.75. The number of ether oxygens (including phenoxy) is 1. The second-order valence-electron chi connectivity index (χ2n) is 4.70. The molecule has 0 aliphatic carbocycles. The number of aromatic amines is 1. The van der Waals surface area contributed by atoms with Gasteiger partial charge in [0, 0.05) is 5.69 Å². The van der Waals surface area contributed by atoms with Crippen LogP contribution in [0.1, 0.15) is 20.8 Å². The molecule has 0 saturated heterocycles. The van der Waals surface area contributed by atoms with Gasteiger partial charge in [-0.15, -0.1) is 0 Å². The molecule has 1 aromatic heterocycles. The van der Waals surface area contributed by atoms with E-state index in [-0.39, 0.29) is 5.97 Å². The van der Waals surface area contributed by atoms with E-state index in [2.05, 4.69) is 10.3 Å². The van der Waals surface area contributed by atoms with Gasteiger partial charge in [0.05, 0.1) is 12.1 Å². The quantitative estimate of drug-likeness (QED) is 0.823. The third-order valence-corrected chi connectivity index (χ3v) is 2.66. The van der Waals surface area contributed by atoms with E-state index < -0.39 is 11.3 Å². The van der Waals surface area contributed by atoms with Crippen LogP contribution < -0.4 is 11.1 Å². The number of carbonyl (C=O) groups is 1. The van der Waals surface area contributed by atoms with Crippen LogP contribution in [0.4, 0.5) is 5.69 Å². The van der Waals surface area contributed by atoms with E-state index in [9.17, 15) is 9.59 Å². The van der Waals surface area contributed by atoms with Gasteiger partial charge in [-0.25, -0.2) is 9.59 Å². The summed E-state index contributed by atoms with van der Waals surface area (Å²) in [6.45, 7) is 5.55. The summed E-state index contributed by atoms with van der Waals surface area (Å²) in [5.41, 5.74) is 0.898. The first-order chi connectivity index (χ1) is 8.92. The number of benzene rings is 1. The first-order valence-corrected chi connectivity index (χ1v) is 6.00. The van der Waals surface area contributed by atoms with Crippen LogP contribution in [0, 0.1) is 0 Å². The van der Waals surface area contributed by atoms with Crippen LogP contribution in [0.15, 0.2) is 27.4 Å². The predicted octanol–water partition coefficient (Wildman–Crippen LogP) is 1.87. The zero-order chi connectivity index (χ0) is 14.0. The molecule has 0 radical (unpaired) electrons.